The molecule has 1 aliphatic carbocycles. The number of carbonyl (C=O) groups excluding carboxylic acids is 1. The maximum absolute atomic E-state index is 12.5. The summed E-state index contributed by atoms with van der Waals surface area (Å²) in [5, 5.41) is 1.26. The second-order valence-electron chi connectivity index (χ2n) is 8.69. The van der Waals surface area contributed by atoms with Gasteiger partial charge in [0.1, 0.15) is 0 Å². The molecule has 0 aliphatic heterocycles. The van der Waals surface area contributed by atoms with Crippen LogP contribution in [-0.4, -0.2) is 52.4 Å². The average Bonchev–Trinajstić information content (AvgIpc) is 3.18. The highest BCUT2D eigenvalue weighted by molar-refractivity contribution is 5.85. The van der Waals surface area contributed by atoms with Crippen molar-refractivity contribution in [1.29, 1.82) is 0 Å². The Morgan fingerprint density at radius 1 is 1.13 bits per heavy atom. The molecule has 3 aromatic rings. The molecule has 0 saturated heterocycles. The lowest BCUT2D eigenvalue weighted by molar-refractivity contribution is -0.132. The number of rotatable bonds is 6. The summed E-state index contributed by atoms with van der Waals surface area (Å²) in [6, 6.07) is 14.8. The minimum Gasteiger partial charge on any atom is -0.361 e. The van der Waals surface area contributed by atoms with Crippen molar-refractivity contribution in [2.45, 2.75) is 50.6 Å². The lowest BCUT2D eigenvalue weighted by Gasteiger charge is -2.46. The van der Waals surface area contributed by atoms with Gasteiger partial charge in [0.05, 0.1) is 11.2 Å². The van der Waals surface area contributed by atoms with Crippen molar-refractivity contribution in [3.63, 3.8) is 0 Å². The van der Waals surface area contributed by atoms with Gasteiger partial charge in [-0.1, -0.05) is 24.3 Å². The van der Waals surface area contributed by atoms with E-state index in [1.54, 1.807) is 6.92 Å². The van der Waals surface area contributed by atoms with Crippen molar-refractivity contribution < 1.29 is 4.79 Å². The largest absolute Gasteiger partial charge is 0.361 e. The van der Waals surface area contributed by atoms with E-state index in [0.717, 1.165) is 49.9 Å². The van der Waals surface area contributed by atoms with Crippen molar-refractivity contribution in [2.24, 2.45) is 0 Å². The first kappa shape index (κ1) is 23.3. The van der Waals surface area contributed by atoms with Gasteiger partial charge < -0.3 is 9.88 Å². The lowest BCUT2D eigenvalue weighted by Crippen LogP contribution is -2.50. The zero-order chi connectivity index (χ0) is 21.1. The maximum Gasteiger partial charge on any atom is 0.219 e. The van der Waals surface area contributed by atoms with E-state index in [0.29, 0.717) is 6.04 Å². The number of fused-ring (bicyclic) bond motifs is 1. The molecule has 1 saturated carbocycles. The first-order valence-corrected chi connectivity index (χ1v) is 10.9. The summed E-state index contributed by atoms with van der Waals surface area (Å²) >= 11 is 0. The number of hydrogen-bond donors (Lipinski definition) is 1. The number of aromatic amines is 1. The van der Waals surface area contributed by atoms with Crippen LogP contribution in [0.15, 0.2) is 54.9 Å². The number of pyridine rings is 1. The van der Waals surface area contributed by atoms with Gasteiger partial charge in [0.2, 0.25) is 5.91 Å². The number of aromatic nitrogens is 2. The van der Waals surface area contributed by atoms with Gasteiger partial charge in [-0.25, -0.2) is 0 Å². The number of amides is 1. The topological polar surface area (TPSA) is 52.2 Å². The van der Waals surface area contributed by atoms with Gasteiger partial charge in [-0.3, -0.25) is 14.7 Å². The van der Waals surface area contributed by atoms with Crippen molar-refractivity contribution in [3.8, 4) is 0 Å². The molecule has 0 unspecified atom stereocenters. The molecule has 31 heavy (non-hydrogen) atoms. The molecule has 0 radical (unpaired) electrons. The molecular formula is C25H33ClN4O. The summed E-state index contributed by atoms with van der Waals surface area (Å²) in [6.07, 6.45) is 8.87. The number of benzene rings is 1. The quantitative estimate of drug-likeness (QED) is 0.600. The highest BCUT2D eigenvalue weighted by atomic mass is 35.5. The van der Waals surface area contributed by atoms with Crippen LogP contribution in [0.2, 0.25) is 0 Å². The van der Waals surface area contributed by atoms with Crippen molar-refractivity contribution in [1.82, 2.24) is 19.8 Å². The second-order valence-corrected chi connectivity index (χ2v) is 8.69. The van der Waals surface area contributed by atoms with Gasteiger partial charge in [-0.2, -0.15) is 0 Å². The Hall–Kier alpha value is -2.37. The molecule has 0 spiro atoms. The standard InChI is InChI=1S/C25H32N4O.ClH/c1-19(30)29(17-13-20-18-27-23-9-5-4-8-22(20)23)21-11-14-25(15-12-21,28(2)3)24-10-6-7-16-26-24;/h4-10,16,18,21,27H,11-15,17H2,1-3H3;1H. The predicted molar refractivity (Wildman–Crippen MR) is 128 cm³/mol. The number of nitrogens with one attached hydrogen (secondary N) is 1. The van der Waals surface area contributed by atoms with E-state index in [2.05, 4.69) is 70.4 Å². The molecule has 0 atom stereocenters. The van der Waals surface area contributed by atoms with Crippen LogP contribution in [0.25, 0.3) is 10.9 Å². The van der Waals surface area contributed by atoms with E-state index in [1.165, 1.54) is 10.9 Å². The maximum atomic E-state index is 12.5. The number of hydrogen-bond acceptors (Lipinski definition) is 3. The molecule has 2 heterocycles. The van der Waals surface area contributed by atoms with Crippen LogP contribution in [0.3, 0.4) is 0 Å². The SMILES string of the molecule is CC(=O)N(CCc1c[nH]c2ccccc12)C1CCC(c2ccccn2)(N(C)C)CC1.Cl. The molecule has 4 rings (SSSR count). The fourth-order valence-corrected chi connectivity index (χ4v) is 5.14. The van der Waals surface area contributed by atoms with Crippen LogP contribution in [0, 0.1) is 0 Å². The zero-order valence-electron chi connectivity index (χ0n) is 18.7. The van der Waals surface area contributed by atoms with E-state index in [1.807, 2.05) is 18.3 Å². The summed E-state index contributed by atoms with van der Waals surface area (Å²) < 4.78 is 0. The zero-order valence-corrected chi connectivity index (χ0v) is 19.5. The van der Waals surface area contributed by atoms with Gasteiger partial charge in [0, 0.05) is 42.8 Å². The van der Waals surface area contributed by atoms with Gasteiger partial charge in [-0.15, -0.1) is 12.4 Å². The van der Waals surface area contributed by atoms with E-state index in [9.17, 15) is 4.79 Å². The Kier molecular flexibility index (Phi) is 7.39. The van der Waals surface area contributed by atoms with Gasteiger partial charge in [0.15, 0.2) is 0 Å². The Labute approximate surface area is 191 Å². The van der Waals surface area contributed by atoms with Crippen LogP contribution in [0.1, 0.15) is 43.9 Å². The molecule has 1 aromatic carbocycles. The molecular weight excluding hydrogens is 408 g/mol. The van der Waals surface area contributed by atoms with E-state index >= 15 is 0 Å². The summed E-state index contributed by atoms with van der Waals surface area (Å²) in [5.74, 6) is 0.176. The predicted octanol–water partition coefficient (Wildman–Crippen LogP) is 4.78. The fraction of sp³-hybridized carbons (Fsp3) is 0.440. The second kappa shape index (κ2) is 9.84. The number of halogens is 1. The molecule has 1 fully saturated rings. The minimum absolute atomic E-state index is 0. The number of nitrogens with zero attached hydrogens (tertiary/aromatic N) is 3. The minimum atomic E-state index is -0.0446. The van der Waals surface area contributed by atoms with Crippen LogP contribution in [-0.2, 0) is 16.8 Å². The number of carbonyl (C=O) groups is 1. The van der Waals surface area contributed by atoms with E-state index in [4.69, 9.17) is 0 Å². The summed E-state index contributed by atoms with van der Waals surface area (Å²) in [6.45, 7) is 2.47. The van der Waals surface area contributed by atoms with Crippen LogP contribution < -0.4 is 0 Å². The number of H-pyrrole nitrogens is 1. The first-order chi connectivity index (χ1) is 14.5. The molecule has 5 nitrogen and oxygen atoms in total. The van der Waals surface area contributed by atoms with E-state index < -0.39 is 0 Å². The van der Waals surface area contributed by atoms with Crippen molar-refractivity contribution >= 4 is 29.2 Å². The molecule has 2 aromatic heterocycles. The summed E-state index contributed by atoms with van der Waals surface area (Å²) in [7, 11) is 4.30. The smallest absolute Gasteiger partial charge is 0.219 e. The Bertz CT molecular complexity index is 993. The van der Waals surface area contributed by atoms with Gasteiger partial charge >= 0.3 is 0 Å². The van der Waals surface area contributed by atoms with Crippen molar-refractivity contribution in [3.05, 3.63) is 66.1 Å². The Morgan fingerprint density at radius 3 is 2.48 bits per heavy atom. The third-order valence-electron chi connectivity index (χ3n) is 6.92. The lowest BCUT2D eigenvalue weighted by atomic mass is 9.75. The fourth-order valence-electron chi connectivity index (χ4n) is 5.14. The third kappa shape index (κ3) is 4.63. The van der Waals surface area contributed by atoms with Gasteiger partial charge in [0.25, 0.3) is 0 Å². The Balaban J connectivity index is 0.00000272. The average molecular weight is 441 g/mol. The molecule has 166 valence electrons. The Morgan fingerprint density at radius 2 is 1.84 bits per heavy atom. The highest BCUT2D eigenvalue weighted by Crippen LogP contribution is 2.41. The molecule has 1 amide bonds. The van der Waals surface area contributed by atoms with Crippen LogP contribution in [0.5, 0.6) is 0 Å². The molecule has 6 heteroatoms. The van der Waals surface area contributed by atoms with Crippen LogP contribution in [0.4, 0.5) is 0 Å². The van der Waals surface area contributed by atoms with Gasteiger partial charge in [-0.05, 0) is 70.0 Å². The summed E-state index contributed by atoms with van der Waals surface area (Å²) in [5.41, 5.74) is 3.54. The molecule has 1 aliphatic rings. The normalized spacial score (nSPS) is 21.1. The third-order valence-corrected chi connectivity index (χ3v) is 6.92. The summed E-state index contributed by atoms with van der Waals surface area (Å²) in [4.78, 5) is 25.0. The highest BCUT2D eigenvalue weighted by Gasteiger charge is 2.41. The number of para-hydroxylation sites is 1. The van der Waals surface area contributed by atoms with E-state index in [-0.39, 0.29) is 23.9 Å². The van der Waals surface area contributed by atoms with Crippen LogP contribution >= 0.6 is 12.4 Å². The monoisotopic (exact) mass is 440 g/mol. The molecule has 0 bridgehead atoms. The van der Waals surface area contributed by atoms with Crippen molar-refractivity contribution in [2.75, 3.05) is 20.6 Å². The first-order valence-electron chi connectivity index (χ1n) is 10.9. The molecule has 1 N–H and O–H groups in total.